The Hall–Kier alpha value is -1.26. The Morgan fingerprint density at radius 1 is 0.360 bits per heavy atom. The summed E-state index contributed by atoms with van der Waals surface area (Å²) in [7, 11) is -2.95. The molecule has 2 aromatic carbocycles. The quantitative estimate of drug-likeness (QED) is 0.0486. The molecule has 2 aliphatic carbocycles. The van der Waals surface area contributed by atoms with E-state index in [1.807, 2.05) is 0 Å². The Labute approximate surface area is 467 Å². The highest BCUT2D eigenvalue weighted by Crippen LogP contribution is 2.53. The van der Waals surface area contributed by atoms with E-state index in [4.69, 9.17) is 27.1 Å². The molecular weight excluding hydrogens is 963 g/mol. The molecule has 0 amide bonds. The number of para-hydroxylation sites is 2. The lowest BCUT2D eigenvalue weighted by atomic mass is 9.60. The molecule has 0 radical (unpaired) electrons. The van der Waals surface area contributed by atoms with Gasteiger partial charge in [-0.2, -0.15) is 0 Å². The fourth-order valence-corrected chi connectivity index (χ4v) is 14.4. The number of aryl methyl sites for hydroxylation is 2. The minimum Gasteiger partial charge on any atom is -0.417 e. The molecule has 0 unspecified atom stereocenters. The number of hydrogen-bond donors (Lipinski definition) is 0. The molecule has 8 heteroatoms. The lowest BCUT2D eigenvalue weighted by Crippen LogP contribution is -2.39. The summed E-state index contributed by atoms with van der Waals surface area (Å²) in [6, 6.07) is 17.4. The highest BCUT2D eigenvalue weighted by molar-refractivity contribution is 7.42. The van der Waals surface area contributed by atoms with Gasteiger partial charge in [-0.15, -0.1) is 0 Å². The minimum absolute atomic E-state index is 0.128. The van der Waals surface area contributed by atoms with Gasteiger partial charge in [-0.25, -0.2) is 0 Å². The van der Waals surface area contributed by atoms with Crippen LogP contribution in [0, 0.1) is 17.3 Å². The molecule has 2 saturated carbocycles. The largest absolute Gasteiger partial charge is 0.463 e. The van der Waals surface area contributed by atoms with Gasteiger partial charge >= 0.3 is 17.2 Å². The van der Waals surface area contributed by atoms with E-state index in [2.05, 4.69) is 90.1 Å². The first-order valence-electron chi connectivity index (χ1n) is 32.6. The predicted molar refractivity (Wildman–Crippen MR) is 325 cm³/mol. The third-order valence-corrected chi connectivity index (χ3v) is 19.6. The molecule has 4 rings (SSSR count). The maximum absolute atomic E-state index is 7.06. The van der Waals surface area contributed by atoms with Crippen LogP contribution in [0.1, 0.15) is 310 Å². The second kappa shape index (κ2) is 43.5. The van der Waals surface area contributed by atoms with Crippen molar-refractivity contribution in [1.82, 2.24) is 0 Å². The fraction of sp³-hybridized carbons (Fsp3) is 0.821. The number of unbranched alkanes of at least 4 members (excludes halogenated alkanes) is 28. The van der Waals surface area contributed by atoms with E-state index in [9.17, 15) is 0 Å². The van der Waals surface area contributed by atoms with Crippen LogP contribution in [0.2, 0.25) is 0 Å². The van der Waals surface area contributed by atoms with Crippen LogP contribution >= 0.6 is 17.2 Å². The SMILES string of the molecule is CCCCCCCCCCOP(OCCCCCCCCCC)OC1CCC(C(C)(C)C2CCC(OP(Oc3ccccc3CCCCCCCCCC)Oc3ccccc3CCCCCCCCCC)CC2)CC1. The molecule has 0 saturated heterocycles. The topological polar surface area (TPSA) is 55.4 Å². The summed E-state index contributed by atoms with van der Waals surface area (Å²) < 4.78 is 40.6. The normalized spacial score (nSPS) is 18.3. The Kier molecular flexibility index (Phi) is 38.5. The van der Waals surface area contributed by atoms with Gasteiger partial charge in [-0.3, -0.25) is 4.52 Å². The predicted octanol–water partition coefficient (Wildman–Crippen LogP) is 23.5. The number of rotatable bonds is 48. The van der Waals surface area contributed by atoms with Crippen molar-refractivity contribution >= 4 is 17.2 Å². The zero-order valence-electron chi connectivity index (χ0n) is 49.9. The van der Waals surface area contributed by atoms with Crippen molar-refractivity contribution in [1.29, 1.82) is 0 Å². The zero-order chi connectivity index (χ0) is 53.3. The molecule has 0 N–H and O–H groups in total. The standard InChI is InChI=1S/C67H118O6P2/c1-7-11-15-19-23-27-31-35-43-59-45-37-39-47-65(59)72-75(73-66-48-40-38-46-60(66)44-36-32-28-24-20-16-12-8-2)71-64-55-51-62(52-56-64)67(5,6)61-49-53-63(54-50-61)70-74(68-57-41-33-29-25-21-17-13-9-3)69-58-42-34-30-26-22-18-14-10-4/h37-40,45-48,61-64H,7-36,41-44,49-58H2,1-6H3. The van der Waals surface area contributed by atoms with Crippen LogP contribution in [0.5, 0.6) is 11.5 Å². The van der Waals surface area contributed by atoms with Crippen LogP contribution in [0.15, 0.2) is 48.5 Å². The Morgan fingerprint density at radius 2 is 0.653 bits per heavy atom. The molecule has 6 nitrogen and oxygen atoms in total. The van der Waals surface area contributed by atoms with Crippen molar-refractivity contribution in [3.63, 3.8) is 0 Å². The van der Waals surface area contributed by atoms with E-state index in [0.29, 0.717) is 11.8 Å². The lowest BCUT2D eigenvalue weighted by Gasteiger charge is -2.46. The summed E-state index contributed by atoms with van der Waals surface area (Å²) >= 11 is 0. The van der Waals surface area contributed by atoms with Crippen LogP contribution in [0.3, 0.4) is 0 Å². The smallest absolute Gasteiger partial charge is 0.417 e. The van der Waals surface area contributed by atoms with Gasteiger partial charge in [-0.05, 0) is 130 Å². The Bertz CT molecular complexity index is 1520. The molecule has 432 valence electrons. The molecule has 0 aromatic heterocycles. The molecule has 2 aliphatic rings. The van der Waals surface area contributed by atoms with Gasteiger partial charge in [0.25, 0.3) is 0 Å². The van der Waals surface area contributed by atoms with E-state index < -0.39 is 17.2 Å². The van der Waals surface area contributed by atoms with Crippen LogP contribution in [0.25, 0.3) is 0 Å². The van der Waals surface area contributed by atoms with Gasteiger partial charge < -0.3 is 22.6 Å². The summed E-state index contributed by atoms with van der Waals surface area (Å²) in [5, 5.41) is 0. The van der Waals surface area contributed by atoms with Crippen LogP contribution < -0.4 is 9.05 Å². The molecule has 0 heterocycles. The van der Waals surface area contributed by atoms with Gasteiger partial charge in [0.2, 0.25) is 0 Å². The fourth-order valence-electron chi connectivity index (χ4n) is 12.0. The van der Waals surface area contributed by atoms with Crippen molar-refractivity contribution in [3.05, 3.63) is 59.7 Å². The third-order valence-electron chi connectivity index (χ3n) is 17.2. The summed E-state index contributed by atoms with van der Waals surface area (Å²) in [5.41, 5.74) is 2.81. The average Bonchev–Trinajstić information content (AvgIpc) is 3.42. The van der Waals surface area contributed by atoms with Crippen LogP contribution in [-0.2, 0) is 30.9 Å². The maximum atomic E-state index is 7.06. The monoisotopic (exact) mass is 1080 g/mol. The zero-order valence-corrected chi connectivity index (χ0v) is 51.7. The first-order chi connectivity index (χ1) is 36.9. The van der Waals surface area contributed by atoms with Gasteiger partial charge in [0.05, 0.1) is 25.4 Å². The second-order valence-electron chi connectivity index (χ2n) is 23.9. The van der Waals surface area contributed by atoms with E-state index in [0.717, 1.165) is 76.1 Å². The summed E-state index contributed by atoms with van der Waals surface area (Å²) in [6.07, 6.45) is 53.5. The third kappa shape index (κ3) is 29.7. The highest BCUT2D eigenvalue weighted by Gasteiger charge is 2.42. The van der Waals surface area contributed by atoms with Crippen molar-refractivity contribution < 1.29 is 27.1 Å². The van der Waals surface area contributed by atoms with E-state index in [1.165, 1.54) is 229 Å². The second-order valence-corrected chi connectivity index (χ2v) is 26.1. The first kappa shape index (κ1) is 66.3. The molecular formula is C67H118O6P2. The minimum atomic E-state index is -1.65. The summed E-state index contributed by atoms with van der Waals surface area (Å²) in [4.78, 5) is 0. The van der Waals surface area contributed by atoms with Gasteiger partial charge in [-0.1, -0.05) is 258 Å². The van der Waals surface area contributed by atoms with E-state index >= 15 is 0 Å². The first-order valence-corrected chi connectivity index (χ1v) is 34.8. The lowest BCUT2D eigenvalue weighted by molar-refractivity contribution is 0.00529. The molecule has 2 fully saturated rings. The van der Waals surface area contributed by atoms with Gasteiger partial charge in [0, 0.05) is 0 Å². The Morgan fingerprint density at radius 3 is 1.00 bits per heavy atom. The van der Waals surface area contributed by atoms with Crippen molar-refractivity contribution in [2.45, 2.75) is 323 Å². The van der Waals surface area contributed by atoms with Crippen molar-refractivity contribution in [3.8, 4) is 11.5 Å². The summed E-state index contributed by atoms with van der Waals surface area (Å²) in [5.74, 6) is 3.23. The van der Waals surface area contributed by atoms with Gasteiger partial charge in [0.15, 0.2) is 0 Å². The van der Waals surface area contributed by atoms with Gasteiger partial charge in [0.1, 0.15) is 11.5 Å². The molecule has 0 atom stereocenters. The molecule has 0 bridgehead atoms. The van der Waals surface area contributed by atoms with E-state index in [-0.39, 0.29) is 17.6 Å². The van der Waals surface area contributed by atoms with Crippen LogP contribution in [0.4, 0.5) is 0 Å². The molecule has 75 heavy (non-hydrogen) atoms. The maximum Gasteiger partial charge on any atom is 0.463 e. The van der Waals surface area contributed by atoms with E-state index in [1.54, 1.807) is 0 Å². The van der Waals surface area contributed by atoms with Crippen molar-refractivity contribution in [2.24, 2.45) is 17.3 Å². The summed E-state index contributed by atoms with van der Waals surface area (Å²) in [6.45, 7) is 15.8. The van der Waals surface area contributed by atoms with Crippen LogP contribution in [-0.4, -0.2) is 25.4 Å². The number of benzene rings is 2. The highest BCUT2D eigenvalue weighted by atomic mass is 31.2. The average molecular weight is 1080 g/mol. The molecule has 0 spiro atoms. The molecule has 2 aromatic rings. The van der Waals surface area contributed by atoms with Crippen molar-refractivity contribution in [2.75, 3.05) is 13.2 Å². The number of hydrogen-bond acceptors (Lipinski definition) is 6. The molecule has 0 aliphatic heterocycles. The Balaban J connectivity index is 1.30.